The maximum atomic E-state index is 13.6. The molecule has 0 radical (unpaired) electrons. The Kier molecular flexibility index (Phi) is 9.33. The third-order valence-corrected chi connectivity index (χ3v) is 6.44. The zero-order chi connectivity index (χ0) is 24.6. The molecule has 2 rings (SSSR count). The Morgan fingerprint density at radius 1 is 1.03 bits per heavy atom. The van der Waals surface area contributed by atoms with Crippen LogP contribution >= 0.6 is 0 Å². The Bertz CT molecular complexity index is 1060. The molecule has 0 heterocycles. The molecular weight excluding hydrogens is 452 g/mol. The minimum Gasteiger partial charge on any atom is -0.357 e. The predicted molar refractivity (Wildman–Crippen MR) is 123 cm³/mol. The second kappa shape index (κ2) is 11.7. The predicted octanol–water partition coefficient (Wildman–Crippen LogP) is 2.72. The van der Waals surface area contributed by atoms with Crippen molar-refractivity contribution in [2.45, 2.75) is 32.2 Å². The Balaban J connectivity index is 2.09. The second-order valence-electron chi connectivity index (χ2n) is 7.65. The molecule has 2 amide bonds. The van der Waals surface area contributed by atoms with Crippen LogP contribution < -0.4 is 9.62 Å². The summed E-state index contributed by atoms with van der Waals surface area (Å²) in [4.78, 5) is 26.6. The summed E-state index contributed by atoms with van der Waals surface area (Å²) in [5.74, 6) is -2.86. The number of carbonyl (C=O) groups is 2. The van der Waals surface area contributed by atoms with Gasteiger partial charge < -0.3 is 10.2 Å². The molecule has 0 bridgehead atoms. The fourth-order valence-corrected chi connectivity index (χ4v) is 4.38. The van der Waals surface area contributed by atoms with Crippen LogP contribution in [0.3, 0.4) is 0 Å². The number of halogens is 2. The Labute approximate surface area is 193 Å². The second-order valence-corrected chi connectivity index (χ2v) is 9.56. The van der Waals surface area contributed by atoms with Crippen molar-refractivity contribution in [3.63, 3.8) is 0 Å². The molecule has 0 aliphatic rings. The van der Waals surface area contributed by atoms with Crippen molar-refractivity contribution < 1.29 is 26.8 Å². The first-order valence-corrected chi connectivity index (χ1v) is 12.4. The first kappa shape index (κ1) is 26.2. The quantitative estimate of drug-likeness (QED) is 0.535. The van der Waals surface area contributed by atoms with E-state index in [0.29, 0.717) is 13.0 Å². The van der Waals surface area contributed by atoms with Gasteiger partial charge in [0.15, 0.2) is 11.6 Å². The van der Waals surface area contributed by atoms with E-state index in [4.69, 9.17) is 0 Å². The normalized spacial score (nSPS) is 12.2. The Morgan fingerprint density at radius 3 is 2.27 bits per heavy atom. The molecule has 0 aliphatic heterocycles. The van der Waals surface area contributed by atoms with Crippen LogP contribution in [0.15, 0.2) is 48.5 Å². The van der Waals surface area contributed by atoms with Crippen LogP contribution in [0.4, 0.5) is 14.5 Å². The van der Waals surface area contributed by atoms with Crippen molar-refractivity contribution in [3.8, 4) is 0 Å². The topological polar surface area (TPSA) is 86.8 Å². The van der Waals surface area contributed by atoms with Gasteiger partial charge in [0.1, 0.15) is 6.04 Å². The average molecular weight is 482 g/mol. The van der Waals surface area contributed by atoms with E-state index < -0.39 is 27.7 Å². The van der Waals surface area contributed by atoms with Crippen molar-refractivity contribution in [2.75, 3.05) is 30.7 Å². The summed E-state index contributed by atoms with van der Waals surface area (Å²) in [6.07, 6.45) is 1.62. The van der Waals surface area contributed by atoms with Gasteiger partial charge >= 0.3 is 0 Å². The number of sulfonamides is 1. The molecule has 0 aliphatic carbocycles. The molecule has 0 fully saturated rings. The summed E-state index contributed by atoms with van der Waals surface area (Å²) in [5, 5.41) is 2.54. The number of anilines is 1. The van der Waals surface area contributed by atoms with E-state index in [2.05, 4.69) is 5.32 Å². The van der Waals surface area contributed by atoms with Crippen LogP contribution in [0.25, 0.3) is 0 Å². The molecule has 1 atom stereocenters. The van der Waals surface area contributed by atoms with E-state index in [1.807, 2.05) is 30.3 Å². The van der Waals surface area contributed by atoms with Crippen molar-refractivity contribution in [2.24, 2.45) is 0 Å². The molecule has 0 aromatic heterocycles. The number of hydrogen-bond acceptors (Lipinski definition) is 4. The largest absolute Gasteiger partial charge is 0.357 e. The van der Waals surface area contributed by atoms with Gasteiger partial charge in [-0.3, -0.25) is 13.9 Å². The van der Waals surface area contributed by atoms with Gasteiger partial charge in [-0.25, -0.2) is 17.2 Å². The highest BCUT2D eigenvalue weighted by molar-refractivity contribution is 7.92. The van der Waals surface area contributed by atoms with Crippen LogP contribution in [-0.4, -0.2) is 57.6 Å². The third kappa shape index (κ3) is 7.52. The number of amides is 2. The molecule has 0 unspecified atom stereocenters. The molecule has 1 N–H and O–H groups in total. The zero-order valence-electron chi connectivity index (χ0n) is 18.9. The number of benzene rings is 2. The fourth-order valence-electron chi connectivity index (χ4n) is 3.42. The first-order valence-electron chi connectivity index (χ1n) is 10.5. The van der Waals surface area contributed by atoms with Gasteiger partial charge in [0.05, 0.1) is 11.9 Å². The van der Waals surface area contributed by atoms with Gasteiger partial charge in [0.2, 0.25) is 21.8 Å². The molecule has 10 heteroatoms. The summed E-state index contributed by atoms with van der Waals surface area (Å²) >= 11 is 0. The summed E-state index contributed by atoms with van der Waals surface area (Å²) in [6, 6.07) is 11.6. The van der Waals surface area contributed by atoms with Gasteiger partial charge in [-0.15, -0.1) is 0 Å². The number of carbonyl (C=O) groups excluding carboxylic acids is 2. The highest BCUT2D eigenvalue weighted by Gasteiger charge is 2.25. The zero-order valence-corrected chi connectivity index (χ0v) is 19.7. The maximum absolute atomic E-state index is 13.6. The lowest BCUT2D eigenvalue weighted by Crippen LogP contribution is -2.48. The Morgan fingerprint density at radius 2 is 1.70 bits per heavy atom. The molecule has 0 saturated carbocycles. The maximum Gasteiger partial charge on any atom is 0.242 e. The van der Waals surface area contributed by atoms with Crippen molar-refractivity contribution in [1.82, 2.24) is 10.2 Å². The molecular formula is C23H29F2N3O4S. The summed E-state index contributed by atoms with van der Waals surface area (Å²) in [5.41, 5.74) is 0.990. The van der Waals surface area contributed by atoms with E-state index in [1.54, 1.807) is 6.92 Å². The Hall–Kier alpha value is -3.01. The van der Waals surface area contributed by atoms with E-state index >= 15 is 0 Å². The lowest BCUT2D eigenvalue weighted by Gasteiger charge is -2.29. The van der Waals surface area contributed by atoms with Gasteiger partial charge in [-0.2, -0.15) is 0 Å². The number of likely N-dealkylation sites (N-methyl/N-ethyl adjacent to an activating group) is 1. The van der Waals surface area contributed by atoms with E-state index in [0.717, 1.165) is 28.3 Å². The fraction of sp³-hybridized carbons (Fsp3) is 0.391. The molecule has 2 aromatic rings. The van der Waals surface area contributed by atoms with Crippen LogP contribution in [0.1, 0.15) is 25.3 Å². The average Bonchev–Trinajstić information content (AvgIpc) is 2.78. The summed E-state index contributed by atoms with van der Waals surface area (Å²) in [7, 11) is -2.30. The highest BCUT2D eigenvalue weighted by atomic mass is 32.2. The van der Waals surface area contributed by atoms with Crippen molar-refractivity contribution in [3.05, 3.63) is 65.7 Å². The highest BCUT2D eigenvalue weighted by Crippen LogP contribution is 2.21. The monoisotopic (exact) mass is 481 g/mol. The van der Waals surface area contributed by atoms with E-state index in [-0.39, 0.29) is 36.9 Å². The molecule has 180 valence electrons. The number of hydrogen-bond donors (Lipinski definition) is 1. The van der Waals surface area contributed by atoms with Crippen LogP contribution in [0, 0.1) is 11.6 Å². The van der Waals surface area contributed by atoms with Gasteiger partial charge in [-0.1, -0.05) is 30.3 Å². The molecule has 0 saturated heterocycles. The minimum atomic E-state index is -3.79. The van der Waals surface area contributed by atoms with Gasteiger partial charge in [-0.05, 0) is 37.5 Å². The molecule has 0 spiro atoms. The summed E-state index contributed by atoms with van der Waals surface area (Å²) < 4.78 is 52.2. The standard InChI is InChI=1S/C23H29F2N3O4S/c1-17(23(30)26-2)27(15-13-18-8-5-4-6-9-18)22(29)10-7-14-28(33(3,31)32)19-11-12-20(24)21(25)16-19/h4-6,8-9,11-12,16-17H,7,10,13-15H2,1-3H3,(H,26,30)/t17-/m0/s1. The molecule has 33 heavy (non-hydrogen) atoms. The SMILES string of the molecule is CNC(=O)[C@H](C)N(CCc1ccccc1)C(=O)CCCN(c1ccc(F)c(F)c1)S(C)(=O)=O. The number of nitrogens with zero attached hydrogens (tertiary/aromatic N) is 2. The van der Waals surface area contributed by atoms with Crippen molar-refractivity contribution >= 4 is 27.5 Å². The molecule has 2 aromatic carbocycles. The first-order chi connectivity index (χ1) is 15.5. The lowest BCUT2D eigenvalue weighted by atomic mass is 10.1. The lowest BCUT2D eigenvalue weighted by molar-refractivity contribution is -0.139. The van der Waals surface area contributed by atoms with Gasteiger partial charge in [0, 0.05) is 32.6 Å². The smallest absolute Gasteiger partial charge is 0.242 e. The van der Waals surface area contributed by atoms with Crippen molar-refractivity contribution in [1.29, 1.82) is 0 Å². The third-order valence-electron chi connectivity index (χ3n) is 5.24. The van der Waals surface area contributed by atoms with Gasteiger partial charge in [0.25, 0.3) is 0 Å². The number of nitrogens with one attached hydrogen (secondary N) is 1. The van der Waals surface area contributed by atoms with Crippen LogP contribution in [0.5, 0.6) is 0 Å². The van der Waals surface area contributed by atoms with E-state index in [9.17, 15) is 26.8 Å². The number of rotatable bonds is 11. The minimum absolute atomic E-state index is 0.0220. The summed E-state index contributed by atoms with van der Waals surface area (Å²) in [6.45, 7) is 1.85. The van der Waals surface area contributed by atoms with E-state index in [1.165, 1.54) is 18.0 Å². The van der Waals surface area contributed by atoms with Crippen LogP contribution in [-0.2, 0) is 26.0 Å². The van der Waals surface area contributed by atoms with Crippen LogP contribution in [0.2, 0.25) is 0 Å². The molecule has 7 nitrogen and oxygen atoms in total.